The Morgan fingerprint density at radius 2 is 1.90 bits per heavy atom. The van der Waals surface area contributed by atoms with Crippen LogP contribution < -0.4 is 10.2 Å². The van der Waals surface area contributed by atoms with Gasteiger partial charge < -0.3 is 15.1 Å². The first-order valence-corrected chi connectivity index (χ1v) is 8.24. The number of hydrogen-bond acceptors (Lipinski definition) is 4. The van der Waals surface area contributed by atoms with Crippen LogP contribution in [0, 0.1) is 12.8 Å². The maximum atomic E-state index is 4.81. The molecule has 4 heteroatoms. The molecule has 2 heterocycles. The zero-order valence-electron chi connectivity index (χ0n) is 14.0. The molecule has 4 nitrogen and oxygen atoms in total. The van der Waals surface area contributed by atoms with Gasteiger partial charge in [0.1, 0.15) is 5.82 Å². The Morgan fingerprint density at radius 3 is 2.48 bits per heavy atom. The summed E-state index contributed by atoms with van der Waals surface area (Å²) in [7, 11) is 0. The van der Waals surface area contributed by atoms with Crippen LogP contribution in [0.1, 0.15) is 32.0 Å². The lowest BCUT2D eigenvalue weighted by Crippen LogP contribution is -2.46. The monoisotopic (exact) mass is 290 g/mol. The topological polar surface area (TPSA) is 31.4 Å². The molecule has 1 aromatic rings. The minimum Gasteiger partial charge on any atom is -0.354 e. The standard InChI is InChI=1S/C17H30N4/c1-5-20-8-10-21(11-9-20)17-7-6-16(15(4)19-17)13-18-12-14(2)3/h6-7,14,18H,5,8-13H2,1-4H3. The number of piperazine rings is 1. The smallest absolute Gasteiger partial charge is 0.128 e. The predicted molar refractivity (Wildman–Crippen MR) is 89.8 cm³/mol. The molecule has 0 bridgehead atoms. The molecule has 1 aliphatic rings. The number of nitrogens with zero attached hydrogens (tertiary/aromatic N) is 3. The van der Waals surface area contributed by atoms with Gasteiger partial charge in [0.05, 0.1) is 0 Å². The highest BCUT2D eigenvalue weighted by Crippen LogP contribution is 2.16. The Labute approximate surface area is 129 Å². The van der Waals surface area contributed by atoms with E-state index < -0.39 is 0 Å². The molecule has 0 unspecified atom stereocenters. The summed E-state index contributed by atoms with van der Waals surface area (Å²) in [4.78, 5) is 9.71. The number of hydrogen-bond donors (Lipinski definition) is 1. The van der Waals surface area contributed by atoms with E-state index >= 15 is 0 Å². The molecule has 0 atom stereocenters. The number of aryl methyl sites for hydroxylation is 1. The fourth-order valence-corrected chi connectivity index (χ4v) is 2.73. The molecule has 1 aliphatic heterocycles. The third-order valence-corrected chi connectivity index (χ3v) is 4.19. The Hall–Kier alpha value is -1.13. The fraction of sp³-hybridized carbons (Fsp3) is 0.706. The number of likely N-dealkylation sites (N-methyl/N-ethyl adjacent to an activating group) is 1. The van der Waals surface area contributed by atoms with Crippen LogP contribution in [0.2, 0.25) is 0 Å². The molecule has 21 heavy (non-hydrogen) atoms. The van der Waals surface area contributed by atoms with Crippen LogP contribution in [0.25, 0.3) is 0 Å². The zero-order valence-corrected chi connectivity index (χ0v) is 14.0. The van der Waals surface area contributed by atoms with Crippen LogP contribution in [0.5, 0.6) is 0 Å². The van der Waals surface area contributed by atoms with Crippen LogP contribution in [-0.4, -0.2) is 49.2 Å². The Balaban J connectivity index is 1.92. The molecule has 118 valence electrons. The van der Waals surface area contributed by atoms with Crippen molar-refractivity contribution in [2.75, 3.05) is 44.2 Å². The molecule has 1 saturated heterocycles. The molecule has 1 fully saturated rings. The number of anilines is 1. The van der Waals surface area contributed by atoms with E-state index in [1.165, 1.54) is 5.56 Å². The van der Waals surface area contributed by atoms with Crippen molar-refractivity contribution in [1.29, 1.82) is 0 Å². The molecule has 0 saturated carbocycles. The summed E-state index contributed by atoms with van der Waals surface area (Å²) >= 11 is 0. The molecule has 1 aromatic heterocycles. The predicted octanol–water partition coefficient (Wildman–Crippen LogP) is 2.28. The maximum absolute atomic E-state index is 4.81. The van der Waals surface area contributed by atoms with Crippen molar-refractivity contribution in [3.8, 4) is 0 Å². The summed E-state index contributed by atoms with van der Waals surface area (Å²) in [5.74, 6) is 1.82. The van der Waals surface area contributed by atoms with E-state index in [1.54, 1.807) is 0 Å². The van der Waals surface area contributed by atoms with Crippen molar-refractivity contribution >= 4 is 5.82 Å². The van der Waals surface area contributed by atoms with Crippen LogP contribution >= 0.6 is 0 Å². The van der Waals surface area contributed by atoms with Gasteiger partial charge in [-0.3, -0.25) is 0 Å². The van der Waals surface area contributed by atoms with Gasteiger partial charge in [-0.15, -0.1) is 0 Å². The highest BCUT2D eigenvalue weighted by Gasteiger charge is 2.17. The van der Waals surface area contributed by atoms with Crippen LogP contribution in [0.15, 0.2) is 12.1 Å². The molecule has 0 radical (unpaired) electrons. The Morgan fingerprint density at radius 1 is 1.19 bits per heavy atom. The molecule has 0 aromatic carbocycles. The molecule has 0 aliphatic carbocycles. The van der Waals surface area contributed by atoms with Crippen molar-refractivity contribution in [2.24, 2.45) is 5.92 Å². The van der Waals surface area contributed by atoms with Gasteiger partial charge in [0, 0.05) is 38.4 Å². The van der Waals surface area contributed by atoms with Gasteiger partial charge in [-0.1, -0.05) is 26.8 Å². The van der Waals surface area contributed by atoms with Gasteiger partial charge >= 0.3 is 0 Å². The van der Waals surface area contributed by atoms with Gasteiger partial charge in [-0.2, -0.15) is 0 Å². The Bertz CT molecular complexity index is 436. The fourth-order valence-electron chi connectivity index (χ4n) is 2.73. The van der Waals surface area contributed by atoms with Crippen molar-refractivity contribution in [3.05, 3.63) is 23.4 Å². The van der Waals surface area contributed by atoms with E-state index in [0.29, 0.717) is 5.92 Å². The van der Waals surface area contributed by atoms with Crippen LogP contribution in [0.4, 0.5) is 5.82 Å². The van der Waals surface area contributed by atoms with E-state index in [0.717, 1.165) is 57.3 Å². The normalized spacial score (nSPS) is 16.7. The molecule has 0 spiro atoms. The number of pyridine rings is 1. The first kappa shape index (κ1) is 16.2. The highest BCUT2D eigenvalue weighted by molar-refractivity contribution is 5.42. The van der Waals surface area contributed by atoms with Crippen molar-refractivity contribution in [3.63, 3.8) is 0 Å². The third-order valence-electron chi connectivity index (χ3n) is 4.19. The third kappa shape index (κ3) is 4.68. The summed E-state index contributed by atoms with van der Waals surface area (Å²) < 4.78 is 0. The Kier molecular flexibility index (Phi) is 6.00. The lowest BCUT2D eigenvalue weighted by atomic mass is 10.1. The lowest BCUT2D eigenvalue weighted by Gasteiger charge is -2.35. The molecule has 1 N–H and O–H groups in total. The summed E-state index contributed by atoms with van der Waals surface area (Å²) in [5, 5.41) is 3.49. The van der Waals surface area contributed by atoms with E-state index in [9.17, 15) is 0 Å². The highest BCUT2D eigenvalue weighted by atomic mass is 15.3. The van der Waals surface area contributed by atoms with Gasteiger partial charge in [-0.25, -0.2) is 4.98 Å². The second kappa shape index (κ2) is 7.76. The van der Waals surface area contributed by atoms with Gasteiger partial charge in [0.15, 0.2) is 0 Å². The molecular weight excluding hydrogens is 260 g/mol. The van der Waals surface area contributed by atoms with E-state index in [2.05, 4.69) is 54.9 Å². The average molecular weight is 290 g/mol. The minimum atomic E-state index is 0.687. The number of aromatic nitrogens is 1. The average Bonchev–Trinajstić information content (AvgIpc) is 2.48. The van der Waals surface area contributed by atoms with Crippen molar-refractivity contribution in [2.45, 2.75) is 34.2 Å². The minimum absolute atomic E-state index is 0.687. The summed E-state index contributed by atoms with van der Waals surface area (Å²) in [6, 6.07) is 4.41. The second-order valence-corrected chi connectivity index (χ2v) is 6.36. The first-order valence-electron chi connectivity index (χ1n) is 8.24. The van der Waals surface area contributed by atoms with E-state index in [1.807, 2.05) is 0 Å². The largest absolute Gasteiger partial charge is 0.354 e. The van der Waals surface area contributed by atoms with E-state index in [-0.39, 0.29) is 0 Å². The molecule has 2 rings (SSSR count). The van der Waals surface area contributed by atoms with Crippen molar-refractivity contribution < 1.29 is 0 Å². The van der Waals surface area contributed by atoms with Gasteiger partial charge in [-0.05, 0) is 37.6 Å². The summed E-state index contributed by atoms with van der Waals surface area (Å²) in [5.41, 5.74) is 2.47. The van der Waals surface area contributed by atoms with Gasteiger partial charge in [0.2, 0.25) is 0 Å². The summed E-state index contributed by atoms with van der Waals surface area (Å²) in [6.45, 7) is 16.4. The lowest BCUT2D eigenvalue weighted by molar-refractivity contribution is 0.270. The van der Waals surface area contributed by atoms with Crippen LogP contribution in [-0.2, 0) is 6.54 Å². The molecule has 0 amide bonds. The first-order chi connectivity index (χ1) is 10.1. The van der Waals surface area contributed by atoms with Crippen LogP contribution in [0.3, 0.4) is 0 Å². The maximum Gasteiger partial charge on any atom is 0.128 e. The second-order valence-electron chi connectivity index (χ2n) is 6.36. The SMILES string of the molecule is CCN1CCN(c2ccc(CNCC(C)C)c(C)n2)CC1. The number of rotatable bonds is 6. The molecular formula is C17H30N4. The zero-order chi connectivity index (χ0) is 15.2. The van der Waals surface area contributed by atoms with Crippen molar-refractivity contribution in [1.82, 2.24) is 15.2 Å². The van der Waals surface area contributed by atoms with E-state index in [4.69, 9.17) is 4.98 Å². The quantitative estimate of drug-likeness (QED) is 0.871. The number of nitrogens with one attached hydrogen (secondary N) is 1. The van der Waals surface area contributed by atoms with Gasteiger partial charge in [0.25, 0.3) is 0 Å². The summed E-state index contributed by atoms with van der Waals surface area (Å²) in [6.07, 6.45) is 0.